The second-order valence-corrected chi connectivity index (χ2v) is 8.01. The van der Waals surface area contributed by atoms with Crippen molar-refractivity contribution in [1.82, 2.24) is 9.88 Å². The van der Waals surface area contributed by atoms with Crippen LogP contribution in [0.1, 0.15) is 41.7 Å². The molecule has 2 aromatic heterocycles. The van der Waals surface area contributed by atoms with Crippen LogP contribution in [-0.2, 0) is 24.2 Å². The Kier molecular flexibility index (Phi) is 5.51. The molecule has 2 aliphatic heterocycles. The number of pyridine rings is 1. The van der Waals surface area contributed by atoms with Gasteiger partial charge in [0.1, 0.15) is 5.82 Å². The molecule has 4 heterocycles. The van der Waals surface area contributed by atoms with Crippen LogP contribution in [0.2, 0.25) is 0 Å². The number of aryl methyl sites for hydroxylation is 1. The Morgan fingerprint density at radius 3 is 3.08 bits per heavy atom. The highest BCUT2D eigenvalue weighted by molar-refractivity contribution is 7.10. The van der Waals surface area contributed by atoms with Crippen molar-refractivity contribution in [3.05, 3.63) is 39.6 Å². The van der Waals surface area contributed by atoms with Crippen LogP contribution in [-0.4, -0.2) is 35.5 Å². The quantitative estimate of drug-likeness (QED) is 0.788. The predicted octanol–water partition coefficient (Wildman–Crippen LogP) is 3.64. The van der Waals surface area contributed by atoms with Gasteiger partial charge in [0.05, 0.1) is 6.61 Å². The van der Waals surface area contributed by atoms with Crippen LogP contribution in [0.15, 0.2) is 23.6 Å². The van der Waals surface area contributed by atoms with Crippen LogP contribution in [0, 0.1) is 0 Å². The van der Waals surface area contributed by atoms with Crippen molar-refractivity contribution in [2.45, 2.75) is 45.1 Å². The fourth-order valence-corrected chi connectivity index (χ4v) is 4.56. The van der Waals surface area contributed by atoms with Gasteiger partial charge in [-0.1, -0.05) is 0 Å². The van der Waals surface area contributed by atoms with E-state index in [-0.39, 0.29) is 5.91 Å². The number of aromatic nitrogens is 1. The Balaban J connectivity index is 1.20. The van der Waals surface area contributed by atoms with Crippen LogP contribution in [0.25, 0.3) is 0 Å². The molecular weight excluding hydrogens is 346 g/mol. The molecule has 0 atom stereocenters. The normalized spacial score (nSPS) is 17.2. The molecule has 1 N–H and O–H groups in total. The molecule has 0 bridgehead atoms. The van der Waals surface area contributed by atoms with E-state index in [9.17, 15) is 4.79 Å². The lowest BCUT2D eigenvalue weighted by Gasteiger charge is -2.26. The number of unbranched alkanes of at least 4 members (excludes halogenated alkanes) is 1. The number of carbonyl (C=O) groups is 1. The molecule has 2 aliphatic rings. The second-order valence-electron chi connectivity index (χ2n) is 7.01. The van der Waals surface area contributed by atoms with Gasteiger partial charge in [0.25, 0.3) is 0 Å². The number of nitrogens with one attached hydrogen (secondary N) is 1. The summed E-state index contributed by atoms with van der Waals surface area (Å²) in [6, 6.07) is 6.20. The summed E-state index contributed by atoms with van der Waals surface area (Å²) < 4.78 is 5.80. The van der Waals surface area contributed by atoms with Crippen molar-refractivity contribution < 1.29 is 9.53 Å². The summed E-state index contributed by atoms with van der Waals surface area (Å²) in [5.41, 5.74) is 2.64. The summed E-state index contributed by atoms with van der Waals surface area (Å²) in [5, 5.41) is 5.08. The van der Waals surface area contributed by atoms with Gasteiger partial charge in [-0.15, -0.1) is 11.3 Å². The van der Waals surface area contributed by atoms with Gasteiger partial charge in [0.2, 0.25) is 11.8 Å². The van der Waals surface area contributed by atoms with Gasteiger partial charge in [0, 0.05) is 30.5 Å². The zero-order valence-electron chi connectivity index (χ0n) is 15.0. The van der Waals surface area contributed by atoms with E-state index in [1.165, 1.54) is 16.9 Å². The Labute approximate surface area is 158 Å². The van der Waals surface area contributed by atoms with Gasteiger partial charge in [-0.05, 0) is 67.3 Å². The van der Waals surface area contributed by atoms with Crippen molar-refractivity contribution >= 4 is 23.1 Å². The molecule has 4 rings (SSSR count). The number of thiophene rings is 1. The van der Waals surface area contributed by atoms with E-state index in [1.807, 2.05) is 23.5 Å². The number of hydrogen-bond donors (Lipinski definition) is 1. The number of carbonyl (C=O) groups excluding carboxylic acids is 1. The van der Waals surface area contributed by atoms with Gasteiger partial charge in [-0.25, -0.2) is 0 Å². The SMILES string of the molecule is O=C1CCCc2ccc(OCCCCN3CCc4ccsc4C3)nc2N1. The largest absolute Gasteiger partial charge is 0.478 e. The summed E-state index contributed by atoms with van der Waals surface area (Å²) in [6.45, 7) is 4.04. The first-order valence-electron chi connectivity index (χ1n) is 9.48. The van der Waals surface area contributed by atoms with Gasteiger partial charge in [-0.2, -0.15) is 4.98 Å². The van der Waals surface area contributed by atoms with Crippen molar-refractivity contribution in [1.29, 1.82) is 0 Å². The van der Waals surface area contributed by atoms with Crippen molar-refractivity contribution in [2.24, 2.45) is 0 Å². The maximum absolute atomic E-state index is 11.7. The van der Waals surface area contributed by atoms with E-state index in [0.29, 0.717) is 24.7 Å². The summed E-state index contributed by atoms with van der Waals surface area (Å²) in [7, 11) is 0. The number of fused-ring (bicyclic) bond motifs is 2. The zero-order valence-corrected chi connectivity index (χ0v) is 15.8. The second kappa shape index (κ2) is 8.18. The van der Waals surface area contributed by atoms with E-state index in [0.717, 1.165) is 50.9 Å². The molecule has 138 valence electrons. The van der Waals surface area contributed by atoms with Gasteiger partial charge >= 0.3 is 0 Å². The molecule has 0 fully saturated rings. The third-order valence-electron chi connectivity index (χ3n) is 5.08. The highest BCUT2D eigenvalue weighted by atomic mass is 32.1. The molecule has 0 radical (unpaired) electrons. The number of rotatable bonds is 6. The summed E-state index contributed by atoms with van der Waals surface area (Å²) in [6.07, 6.45) is 5.66. The van der Waals surface area contributed by atoms with E-state index in [2.05, 4.69) is 26.6 Å². The van der Waals surface area contributed by atoms with Gasteiger partial charge in [0.15, 0.2) is 0 Å². The fourth-order valence-electron chi connectivity index (χ4n) is 3.59. The van der Waals surface area contributed by atoms with E-state index in [1.54, 1.807) is 0 Å². The molecule has 2 aromatic rings. The first-order chi connectivity index (χ1) is 12.8. The molecule has 1 amide bonds. The molecule has 26 heavy (non-hydrogen) atoms. The zero-order chi connectivity index (χ0) is 17.8. The predicted molar refractivity (Wildman–Crippen MR) is 104 cm³/mol. The number of anilines is 1. The lowest BCUT2D eigenvalue weighted by Crippen LogP contribution is -2.30. The van der Waals surface area contributed by atoms with E-state index in [4.69, 9.17) is 4.74 Å². The molecule has 0 spiro atoms. The molecule has 0 saturated carbocycles. The molecule has 5 nitrogen and oxygen atoms in total. The van der Waals surface area contributed by atoms with Crippen LogP contribution in [0.4, 0.5) is 5.82 Å². The van der Waals surface area contributed by atoms with Crippen molar-refractivity contribution in [3.63, 3.8) is 0 Å². The summed E-state index contributed by atoms with van der Waals surface area (Å²) >= 11 is 1.88. The average molecular weight is 372 g/mol. The lowest BCUT2D eigenvalue weighted by molar-refractivity contribution is -0.116. The summed E-state index contributed by atoms with van der Waals surface area (Å²) in [5.74, 6) is 1.32. The van der Waals surface area contributed by atoms with Crippen molar-refractivity contribution in [3.8, 4) is 5.88 Å². The Morgan fingerprint density at radius 1 is 1.15 bits per heavy atom. The average Bonchev–Trinajstić information content (AvgIpc) is 3.02. The Bertz CT molecular complexity index is 774. The molecule has 0 aliphatic carbocycles. The molecule has 0 unspecified atom stereocenters. The van der Waals surface area contributed by atoms with E-state index < -0.39 is 0 Å². The number of hydrogen-bond acceptors (Lipinski definition) is 5. The van der Waals surface area contributed by atoms with Gasteiger partial charge in [-0.3, -0.25) is 9.69 Å². The molecule has 6 heteroatoms. The minimum Gasteiger partial charge on any atom is -0.478 e. The van der Waals surface area contributed by atoms with E-state index >= 15 is 0 Å². The van der Waals surface area contributed by atoms with Gasteiger partial charge < -0.3 is 10.1 Å². The summed E-state index contributed by atoms with van der Waals surface area (Å²) in [4.78, 5) is 20.2. The first-order valence-corrected chi connectivity index (χ1v) is 10.4. The number of ether oxygens (including phenoxy) is 1. The van der Waals surface area contributed by atoms with Crippen LogP contribution in [0.5, 0.6) is 5.88 Å². The van der Waals surface area contributed by atoms with Crippen LogP contribution < -0.4 is 10.1 Å². The monoisotopic (exact) mass is 371 g/mol. The third kappa shape index (κ3) is 4.24. The molecular formula is C20H25N3O2S. The van der Waals surface area contributed by atoms with Crippen LogP contribution >= 0.6 is 11.3 Å². The number of amides is 1. The lowest BCUT2D eigenvalue weighted by atomic mass is 10.1. The molecule has 0 aromatic carbocycles. The fraction of sp³-hybridized carbons (Fsp3) is 0.500. The first kappa shape index (κ1) is 17.5. The topological polar surface area (TPSA) is 54.5 Å². The highest BCUT2D eigenvalue weighted by Gasteiger charge is 2.17. The van der Waals surface area contributed by atoms with Crippen molar-refractivity contribution in [2.75, 3.05) is 25.0 Å². The standard InChI is InChI=1S/C20H25N3O2S/c24-18-5-3-4-16-6-7-19(22-20(16)21-18)25-12-2-1-10-23-11-8-15-9-13-26-17(15)14-23/h6-7,9,13H,1-5,8,10-12,14H2,(H,21,22,24). The maximum Gasteiger partial charge on any atom is 0.225 e. The third-order valence-corrected chi connectivity index (χ3v) is 6.03. The van der Waals surface area contributed by atoms with Crippen LogP contribution in [0.3, 0.4) is 0 Å². The maximum atomic E-state index is 11.7. The Morgan fingerprint density at radius 2 is 2.12 bits per heavy atom. The minimum atomic E-state index is 0.0452. The smallest absolute Gasteiger partial charge is 0.225 e. The molecule has 0 saturated heterocycles. The number of nitrogens with zero attached hydrogens (tertiary/aromatic N) is 2. The Hall–Kier alpha value is -1.92. The highest BCUT2D eigenvalue weighted by Crippen LogP contribution is 2.25. The minimum absolute atomic E-state index is 0.0452.